The highest BCUT2D eigenvalue weighted by Crippen LogP contribution is 2.17. The molecule has 2 aromatic heterocycles. The minimum atomic E-state index is -0.449. The van der Waals surface area contributed by atoms with Crippen LogP contribution in [0.1, 0.15) is 19.3 Å². The Kier molecular flexibility index (Phi) is 4.81. The van der Waals surface area contributed by atoms with Crippen molar-refractivity contribution in [3.8, 4) is 5.95 Å². The number of hydrogen-bond donors (Lipinski definition) is 2. The van der Waals surface area contributed by atoms with Crippen LogP contribution >= 0.6 is 11.6 Å². The summed E-state index contributed by atoms with van der Waals surface area (Å²) in [5.74, 6) is 0.533. The van der Waals surface area contributed by atoms with Crippen molar-refractivity contribution in [1.82, 2.24) is 24.6 Å². The molecule has 27 heavy (non-hydrogen) atoms. The molecule has 0 bridgehead atoms. The number of rotatable bonds is 6. The van der Waals surface area contributed by atoms with Crippen LogP contribution in [0.15, 0.2) is 35.3 Å². The van der Waals surface area contributed by atoms with Gasteiger partial charge in [-0.1, -0.05) is 23.7 Å². The Hall–Kier alpha value is -2.87. The van der Waals surface area contributed by atoms with Gasteiger partial charge in [0.15, 0.2) is 0 Å². The summed E-state index contributed by atoms with van der Waals surface area (Å²) in [5, 5.41) is 7.35. The largest absolute Gasteiger partial charge is 0.382 e. The first-order valence-electron chi connectivity index (χ1n) is 8.88. The molecule has 3 aromatic rings. The number of benzene rings is 1. The zero-order chi connectivity index (χ0) is 18.8. The van der Waals surface area contributed by atoms with Crippen LogP contribution in [0.3, 0.4) is 0 Å². The van der Waals surface area contributed by atoms with Gasteiger partial charge in [-0.3, -0.25) is 9.59 Å². The molecule has 0 aliphatic carbocycles. The van der Waals surface area contributed by atoms with Crippen LogP contribution in [0.5, 0.6) is 0 Å². The van der Waals surface area contributed by atoms with E-state index in [-0.39, 0.29) is 10.9 Å². The summed E-state index contributed by atoms with van der Waals surface area (Å²) in [7, 11) is 0. The van der Waals surface area contributed by atoms with Crippen LogP contribution in [0.25, 0.3) is 17.0 Å². The Balaban J connectivity index is 1.45. The summed E-state index contributed by atoms with van der Waals surface area (Å²) in [6.07, 6.45) is 3.86. The molecule has 0 radical (unpaired) electrons. The number of halogens is 1. The first kappa shape index (κ1) is 17.5. The molecule has 1 amide bonds. The third-order valence-electron chi connectivity index (χ3n) is 4.59. The summed E-state index contributed by atoms with van der Waals surface area (Å²) in [4.78, 5) is 33.5. The van der Waals surface area contributed by atoms with Crippen LogP contribution < -0.4 is 10.9 Å². The second-order valence-electron chi connectivity index (χ2n) is 6.43. The predicted molar refractivity (Wildman–Crippen MR) is 103 cm³/mol. The lowest BCUT2D eigenvalue weighted by Gasteiger charge is -2.15. The molecular formula is C18H19ClN6O2. The van der Waals surface area contributed by atoms with E-state index in [0.717, 1.165) is 35.1 Å². The number of amides is 1. The SMILES string of the molecule is O=C1CCCN1CCCNc1cnn(-c2nc3ccccc3[nH]2)c(=O)c1Cl. The molecule has 1 fully saturated rings. The van der Waals surface area contributed by atoms with E-state index in [2.05, 4.69) is 20.4 Å². The number of fused-ring (bicyclic) bond motifs is 1. The van der Waals surface area contributed by atoms with E-state index in [4.69, 9.17) is 11.6 Å². The van der Waals surface area contributed by atoms with Crippen molar-refractivity contribution < 1.29 is 4.79 Å². The topological polar surface area (TPSA) is 95.9 Å². The monoisotopic (exact) mass is 386 g/mol. The average molecular weight is 387 g/mol. The number of nitrogens with one attached hydrogen (secondary N) is 2. The fourth-order valence-corrected chi connectivity index (χ4v) is 3.38. The Morgan fingerprint density at radius 2 is 2.11 bits per heavy atom. The molecule has 9 heteroatoms. The first-order valence-corrected chi connectivity index (χ1v) is 9.26. The lowest BCUT2D eigenvalue weighted by atomic mass is 10.3. The Morgan fingerprint density at radius 1 is 1.26 bits per heavy atom. The fourth-order valence-electron chi connectivity index (χ4n) is 3.18. The number of carbonyl (C=O) groups excluding carboxylic acids is 1. The van der Waals surface area contributed by atoms with Gasteiger partial charge in [0.2, 0.25) is 11.9 Å². The van der Waals surface area contributed by atoms with Gasteiger partial charge in [0, 0.05) is 26.1 Å². The number of aromatic amines is 1. The Morgan fingerprint density at radius 3 is 2.89 bits per heavy atom. The highest BCUT2D eigenvalue weighted by molar-refractivity contribution is 6.32. The van der Waals surface area contributed by atoms with Gasteiger partial charge in [-0.2, -0.15) is 9.78 Å². The molecule has 0 unspecified atom stereocenters. The van der Waals surface area contributed by atoms with Gasteiger partial charge in [0.25, 0.3) is 5.56 Å². The molecule has 0 saturated carbocycles. The van der Waals surface area contributed by atoms with Gasteiger partial charge in [0.1, 0.15) is 5.02 Å². The maximum Gasteiger partial charge on any atom is 0.295 e. The van der Waals surface area contributed by atoms with Crippen molar-refractivity contribution in [3.63, 3.8) is 0 Å². The number of carbonyl (C=O) groups is 1. The van der Waals surface area contributed by atoms with Crippen LogP contribution in [-0.2, 0) is 4.79 Å². The summed E-state index contributed by atoms with van der Waals surface area (Å²) >= 11 is 6.23. The molecule has 4 rings (SSSR count). The molecule has 1 aliphatic rings. The average Bonchev–Trinajstić information content (AvgIpc) is 3.28. The standard InChI is InChI=1S/C18H19ClN6O2/c19-16-14(20-8-4-10-24-9-3-7-15(24)26)11-21-25(17(16)27)18-22-12-5-1-2-6-13(12)23-18/h1-2,5-6,11,20H,3-4,7-10H2,(H,22,23). The molecule has 8 nitrogen and oxygen atoms in total. The number of hydrogen-bond acceptors (Lipinski definition) is 5. The van der Waals surface area contributed by atoms with Crippen LogP contribution in [-0.4, -0.2) is 50.2 Å². The van der Waals surface area contributed by atoms with Crippen LogP contribution in [0.4, 0.5) is 5.69 Å². The molecular weight excluding hydrogens is 368 g/mol. The van der Waals surface area contributed by atoms with E-state index in [9.17, 15) is 9.59 Å². The van der Waals surface area contributed by atoms with E-state index < -0.39 is 5.56 Å². The minimum absolute atomic E-state index is 0.0581. The Bertz CT molecular complexity index is 1010. The van der Waals surface area contributed by atoms with Crippen molar-refractivity contribution in [3.05, 3.63) is 45.8 Å². The molecule has 2 N–H and O–H groups in total. The van der Waals surface area contributed by atoms with E-state index in [0.29, 0.717) is 31.1 Å². The van der Waals surface area contributed by atoms with Gasteiger partial charge >= 0.3 is 0 Å². The van der Waals surface area contributed by atoms with Crippen molar-refractivity contribution >= 4 is 34.2 Å². The van der Waals surface area contributed by atoms with Crippen molar-refractivity contribution in [1.29, 1.82) is 0 Å². The zero-order valence-electron chi connectivity index (χ0n) is 14.6. The summed E-state index contributed by atoms with van der Waals surface area (Å²) in [6, 6.07) is 7.48. The maximum absolute atomic E-state index is 12.6. The molecule has 0 atom stereocenters. The highest BCUT2D eigenvalue weighted by Gasteiger charge is 2.19. The van der Waals surface area contributed by atoms with Gasteiger partial charge in [-0.15, -0.1) is 0 Å². The van der Waals surface area contributed by atoms with Crippen molar-refractivity contribution in [2.24, 2.45) is 0 Å². The van der Waals surface area contributed by atoms with Crippen molar-refractivity contribution in [2.75, 3.05) is 25.0 Å². The first-order chi connectivity index (χ1) is 13.1. The molecule has 1 aromatic carbocycles. The molecule has 0 spiro atoms. The third-order valence-corrected chi connectivity index (χ3v) is 4.95. The van der Waals surface area contributed by atoms with Gasteiger partial charge in [0.05, 0.1) is 22.9 Å². The third kappa shape index (κ3) is 3.52. The van der Waals surface area contributed by atoms with Gasteiger partial charge in [-0.05, 0) is 25.0 Å². The smallest absolute Gasteiger partial charge is 0.295 e. The highest BCUT2D eigenvalue weighted by atomic mass is 35.5. The predicted octanol–water partition coefficient (Wildman–Crippen LogP) is 2.19. The number of H-pyrrole nitrogens is 1. The minimum Gasteiger partial charge on any atom is -0.382 e. The summed E-state index contributed by atoms with van der Waals surface area (Å²) < 4.78 is 1.15. The quantitative estimate of drug-likeness (QED) is 0.633. The number of nitrogens with zero attached hydrogens (tertiary/aromatic N) is 4. The number of imidazole rings is 1. The summed E-state index contributed by atoms with van der Waals surface area (Å²) in [6.45, 7) is 2.13. The lowest BCUT2D eigenvalue weighted by molar-refractivity contribution is -0.127. The van der Waals surface area contributed by atoms with E-state index in [1.54, 1.807) is 0 Å². The zero-order valence-corrected chi connectivity index (χ0v) is 15.4. The van der Waals surface area contributed by atoms with E-state index in [1.807, 2.05) is 29.2 Å². The van der Waals surface area contributed by atoms with Gasteiger partial charge in [-0.25, -0.2) is 4.98 Å². The second kappa shape index (κ2) is 7.40. The van der Waals surface area contributed by atoms with E-state index >= 15 is 0 Å². The number of para-hydroxylation sites is 2. The van der Waals surface area contributed by atoms with Crippen molar-refractivity contribution in [2.45, 2.75) is 19.3 Å². The Labute approximate surface area is 160 Å². The molecule has 140 valence electrons. The van der Waals surface area contributed by atoms with Crippen LogP contribution in [0.2, 0.25) is 5.02 Å². The molecule has 1 aliphatic heterocycles. The number of aromatic nitrogens is 4. The number of likely N-dealkylation sites (tertiary alicyclic amines) is 1. The van der Waals surface area contributed by atoms with Crippen LogP contribution in [0, 0.1) is 0 Å². The summed E-state index contributed by atoms with van der Waals surface area (Å²) in [5.41, 5.74) is 1.59. The number of anilines is 1. The normalized spacial score (nSPS) is 14.3. The maximum atomic E-state index is 12.6. The second-order valence-corrected chi connectivity index (χ2v) is 6.81. The fraction of sp³-hybridized carbons (Fsp3) is 0.333. The van der Waals surface area contributed by atoms with Gasteiger partial charge < -0.3 is 15.2 Å². The molecule has 3 heterocycles. The van der Waals surface area contributed by atoms with E-state index in [1.165, 1.54) is 6.20 Å². The lowest BCUT2D eigenvalue weighted by Crippen LogP contribution is -2.27. The molecule has 1 saturated heterocycles.